The molecule has 1 aliphatic rings. The Hall–Kier alpha value is -3.94. The van der Waals surface area contributed by atoms with Crippen molar-refractivity contribution in [3.8, 4) is 34.5 Å². The van der Waals surface area contributed by atoms with Gasteiger partial charge in [0.2, 0.25) is 11.5 Å². The number of morpholine rings is 1. The van der Waals surface area contributed by atoms with Crippen LogP contribution in [0.5, 0.6) is 34.5 Å². The Morgan fingerprint density at radius 2 is 1.44 bits per heavy atom. The average molecular weight is 652 g/mol. The maximum absolute atomic E-state index is 13.7. The number of carbonyl (C=O) groups is 1. The fraction of sp³-hybridized carbons (Fsp3) is 0.516. The highest BCUT2D eigenvalue weighted by molar-refractivity contribution is 5.92. The van der Waals surface area contributed by atoms with Crippen LogP contribution in [0.2, 0.25) is 0 Å². The lowest BCUT2D eigenvalue weighted by molar-refractivity contribution is -0.00908. The van der Waals surface area contributed by atoms with E-state index in [2.05, 4.69) is 10.00 Å². The third-order valence-corrected chi connectivity index (χ3v) is 7.02. The zero-order valence-electron chi connectivity index (χ0n) is 26.6. The number of benzene rings is 2. The van der Waals surface area contributed by atoms with Gasteiger partial charge in [0.1, 0.15) is 6.10 Å². The quantitative estimate of drug-likeness (QED) is 0.223. The second kappa shape index (κ2) is 16.9. The Morgan fingerprint density at radius 1 is 0.822 bits per heavy atom. The lowest BCUT2D eigenvalue weighted by Crippen LogP contribution is -2.44. The monoisotopic (exact) mass is 651 g/mol. The van der Waals surface area contributed by atoms with Gasteiger partial charge in [0.05, 0.1) is 83.4 Å². The van der Waals surface area contributed by atoms with Crippen molar-refractivity contribution < 1.29 is 42.7 Å². The molecule has 1 aliphatic heterocycles. The summed E-state index contributed by atoms with van der Waals surface area (Å²) in [5.74, 6) is 1.61. The molecule has 1 saturated heterocycles. The highest BCUT2D eigenvalue weighted by atomic mass is 35.5. The van der Waals surface area contributed by atoms with Gasteiger partial charge in [0, 0.05) is 19.6 Å². The Labute approximate surface area is 268 Å². The maximum Gasteiger partial charge on any atom is 0.338 e. The molecule has 0 bridgehead atoms. The lowest BCUT2D eigenvalue weighted by atomic mass is 10.1. The molecule has 3 aromatic rings. The molecule has 0 amide bonds. The Kier molecular flexibility index (Phi) is 13.4. The summed E-state index contributed by atoms with van der Waals surface area (Å²) in [6.45, 7) is 9.47. The number of halogens is 1. The minimum absolute atomic E-state index is 0. The van der Waals surface area contributed by atoms with Crippen LogP contribution in [0.15, 0.2) is 29.2 Å². The molecule has 0 N–H and O–H groups in total. The molecule has 0 aliphatic carbocycles. The molecule has 248 valence electrons. The summed E-state index contributed by atoms with van der Waals surface area (Å²) in [7, 11) is 4.45. The fourth-order valence-corrected chi connectivity index (χ4v) is 5.06. The van der Waals surface area contributed by atoms with Crippen molar-refractivity contribution >= 4 is 29.1 Å². The third kappa shape index (κ3) is 8.21. The number of carbonyl (C=O) groups excluding carboxylic acids is 1. The molecule has 2 heterocycles. The first kappa shape index (κ1) is 35.5. The van der Waals surface area contributed by atoms with E-state index in [0.717, 1.165) is 0 Å². The first-order valence-electron chi connectivity index (χ1n) is 14.6. The molecule has 1 atom stereocenters. The van der Waals surface area contributed by atoms with Gasteiger partial charge in [0.15, 0.2) is 23.0 Å². The molecule has 13 nitrogen and oxygen atoms in total. The van der Waals surface area contributed by atoms with Crippen molar-refractivity contribution in [3.63, 3.8) is 0 Å². The van der Waals surface area contributed by atoms with Crippen molar-refractivity contribution in [1.29, 1.82) is 0 Å². The molecule has 1 fully saturated rings. The van der Waals surface area contributed by atoms with Gasteiger partial charge in [-0.15, -0.1) is 12.4 Å². The molecular formula is C31H42ClN3O10. The second-order valence-electron chi connectivity index (χ2n) is 9.78. The van der Waals surface area contributed by atoms with Gasteiger partial charge >= 0.3 is 5.97 Å². The zero-order valence-corrected chi connectivity index (χ0v) is 27.4. The number of methoxy groups -OCH3 is 3. The topological polar surface area (TPSA) is 129 Å². The fourth-order valence-electron chi connectivity index (χ4n) is 5.06. The largest absolute Gasteiger partial charge is 0.493 e. The summed E-state index contributed by atoms with van der Waals surface area (Å²) >= 11 is 0. The Morgan fingerprint density at radius 3 is 2.00 bits per heavy atom. The summed E-state index contributed by atoms with van der Waals surface area (Å²) in [4.78, 5) is 29.5. The zero-order chi connectivity index (χ0) is 31.6. The van der Waals surface area contributed by atoms with Crippen LogP contribution in [0, 0.1) is 0 Å². The number of hydrogen-bond donors (Lipinski definition) is 0. The number of esters is 1. The van der Waals surface area contributed by atoms with Gasteiger partial charge in [-0.25, -0.2) is 9.48 Å². The van der Waals surface area contributed by atoms with E-state index in [1.54, 1.807) is 18.2 Å². The average Bonchev–Trinajstić information content (AvgIpc) is 3.03. The van der Waals surface area contributed by atoms with Crippen LogP contribution in [0.3, 0.4) is 0 Å². The van der Waals surface area contributed by atoms with Crippen molar-refractivity contribution in [2.75, 3.05) is 74.0 Å². The van der Waals surface area contributed by atoms with Gasteiger partial charge in [-0.1, -0.05) is 0 Å². The Balaban J connectivity index is 0.00000552. The summed E-state index contributed by atoms with van der Waals surface area (Å²) in [6.07, 6.45) is 0.795. The number of nitrogens with zero attached hydrogens (tertiary/aromatic N) is 3. The van der Waals surface area contributed by atoms with Crippen molar-refractivity contribution in [3.05, 3.63) is 40.3 Å². The van der Waals surface area contributed by atoms with Crippen LogP contribution in [-0.2, 0) is 16.0 Å². The van der Waals surface area contributed by atoms with Crippen molar-refractivity contribution in [2.45, 2.75) is 33.4 Å². The van der Waals surface area contributed by atoms with Gasteiger partial charge in [-0.2, -0.15) is 5.10 Å². The SMILES string of the molecule is CCOc1cc(C(=O)OC(CN2CCOCC2)Cn2ncc3c(OC)c(OC)c(OC)cc3c2=O)cc(OCC)c1OCC.Cl. The van der Waals surface area contributed by atoms with Gasteiger partial charge in [0.25, 0.3) is 5.56 Å². The number of aromatic nitrogens is 2. The smallest absolute Gasteiger partial charge is 0.338 e. The van der Waals surface area contributed by atoms with E-state index in [1.165, 1.54) is 32.2 Å². The van der Waals surface area contributed by atoms with Crippen LogP contribution in [0.4, 0.5) is 0 Å². The molecule has 0 saturated carbocycles. The number of rotatable bonds is 15. The predicted octanol–water partition coefficient (Wildman–Crippen LogP) is 3.60. The molecular weight excluding hydrogens is 610 g/mol. The van der Waals surface area contributed by atoms with Crippen LogP contribution < -0.4 is 34.0 Å². The highest BCUT2D eigenvalue weighted by Crippen LogP contribution is 2.42. The van der Waals surface area contributed by atoms with Crippen molar-refractivity contribution in [2.24, 2.45) is 0 Å². The molecule has 4 rings (SSSR count). The minimum atomic E-state index is -0.733. The van der Waals surface area contributed by atoms with E-state index < -0.39 is 17.6 Å². The van der Waals surface area contributed by atoms with E-state index in [4.69, 9.17) is 37.9 Å². The van der Waals surface area contributed by atoms with E-state index in [9.17, 15) is 9.59 Å². The first-order valence-corrected chi connectivity index (χ1v) is 14.6. The summed E-state index contributed by atoms with van der Waals surface area (Å²) in [5.41, 5.74) is -0.171. The first-order chi connectivity index (χ1) is 21.4. The predicted molar refractivity (Wildman–Crippen MR) is 169 cm³/mol. The summed E-state index contributed by atoms with van der Waals surface area (Å²) in [6, 6.07) is 4.75. The maximum atomic E-state index is 13.7. The molecule has 0 spiro atoms. The van der Waals surface area contributed by atoms with Gasteiger partial charge in [-0.3, -0.25) is 9.69 Å². The van der Waals surface area contributed by atoms with E-state index in [0.29, 0.717) is 97.9 Å². The van der Waals surface area contributed by atoms with Gasteiger partial charge in [-0.05, 0) is 39.0 Å². The van der Waals surface area contributed by atoms with Gasteiger partial charge < -0.3 is 37.9 Å². The second-order valence-corrected chi connectivity index (χ2v) is 9.78. The van der Waals surface area contributed by atoms with E-state index in [-0.39, 0.29) is 24.5 Å². The van der Waals surface area contributed by atoms with Crippen LogP contribution in [0.25, 0.3) is 10.8 Å². The van der Waals surface area contributed by atoms with Crippen LogP contribution >= 0.6 is 12.4 Å². The molecule has 0 radical (unpaired) electrons. The van der Waals surface area contributed by atoms with E-state index >= 15 is 0 Å². The molecule has 14 heteroatoms. The van der Waals surface area contributed by atoms with Crippen molar-refractivity contribution in [1.82, 2.24) is 14.7 Å². The Bertz CT molecular complexity index is 1470. The molecule has 1 unspecified atom stereocenters. The third-order valence-electron chi connectivity index (χ3n) is 7.02. The minimum Gasteiger partial charge on any atom is -0.493 e. The summed E-state index contributed by atoms with van der Waals surface area (Å²) in [5, 5.41) is 5.19. The lowest BCUT2D eigenvalue weighted by Gasteiger charge is -2.30. The standard InChI is InChI=1S/C31H41N3O10.ClH/c1-7-41-25-14-20(15-26(42-8-2)28(25)43-9-3)31(36)44-21(18-33-10-12-40-13-11-33)19-34-30(35)22-16-24(37-4)29(39-6)27(38-5)23(22)17-32-34;/h14-17,21H,7-13,18-19H2,1-6H3;1H. The number of fused-ring (bicyclic) bond motifs is 1. The number of ether oxygens (including phenoxy) is 8. The van der Waals surface area contributed by atoms with Crippen LogP contribution in [0.1, 0.15) is 31.1 Å². The summed E-state index contributed by atoms with van der Waals surface area (Å²) < 4.78 is 46.6. The van der Waals surface area contributed by atoms with E-state index in [1.807, 2.05) is 20.8 Å². The number of hydrogen-bond acceptors (Lipinski definition) is 12. The highest BCUT2D eigenvalue weighted by Gasteiger charge is 2.26. The van der Waals surface area contributed by atoms with Crippen LogP contribution in [-0.4, -0.2) is 101 Å². The molecule has 45 heavy (non-hydrogen) atoms. The molecule has 1 aromatic heterocycles. The normalized spacial score (nSPS) is 13.8. The molecule has 2 aromatic carbocycles.